The molecule has 1 rings (SSSR count). The lowest BCUT2D eigenvalue weighted by Gasteiger charge is -2.34. The maximum Gasteiger partial charge on any atom is 0.390 e. The molecule has 0 aliphatic carbocycles. The van der Waals surface area contributed by atoms with Gasteiger partial charge in [-0.2, -0.15) is 30.6 Å². The Balaban J connectivity index is 2.69. The lowest BCUT2D eigenvalue weighted by Crippen LogP contribution is -2.52. The molecule has 1 aliphatic rings. The van der Waals surface area contributed by atoms with E-state index in [0.29, 0.717) is 12.8 Å². The van der Waals surface area contributed by atoms with E-state index in [1.807, 2.05) is 4.72 Å². The van der Waals surface area contributed by atoms with E-state index in [4.69, 9.17) is 5.11 Å². The van der Waals surface area contributed by atoms with Crippen molar-refractivity contribution >= 4 is 10.2 Å². The summed E-state index contributed by atoms with van der Waals surface area (Å²) in [5.41, 5.74) is 0. The second-order valence-corrected chi connectivity index (χ2v) is 6.44. The van der Waals surface area contributed by atoms with Gasteiger partial charge in [-0.15, -0.1) is 0 Å². The number of rotatable bonds is 5. The summed E-state index contributed by atoms with van der Waals surface area (Å²) in [4.78, 5) is 0. The number of hydrogen-bond acceptors (Lipinski definition) is 3. The Morgan fingerprint density at radius 3 is 2.58 bits per heavy atom. The number of halogens is 3. The fourth-order valence-electron chi connectivity index (χ4n) is 2.18. The zero-order chi connectivity index (χ0) is 14.7. The molecular weight excluding hydrogens is 285 g/mol. The molecule has 0 aromatic heterocycles. The summed E-state index contributed by atoms with van der Waals surface area (Å²) >= 11 is 0. The number of alkyl halides is 3. The minimum Gasteiger partial charge on any atom is -0.395 e. The molecule has 114 valence electrons. The highest BCUT2D eigenvalue weighted by atomic mass is 32.2. The Kier molecular flexibility index (Phi) is 5.60. The Hall–Kier alpha value is -0.380. The molecule has 0 radical (unpaired) electrons. The minimum atomic E-state index is -4.42. The third kappa shape index (κ3) is 5.25. The number of nitrogens with one attached hydrogen (secondary N) is 1. The monoisotopic (exact) mass is 304 g/mol. The van der Waals surface area contributed by atoms with Gasteiger partial charge in [0.25, 0.3) is 10.2 Å². The van der Waals surface area contributed by atoms with Crippen LogP contribution in [0.15, 0.2) is 0 Å². The van der Waals surface area contributed by atoms with Crippen molar-refractivity contribution in [2.75, 3.05) is 13.2 Å². The summed E-state index contributed by atoms with van der Waals surface area (Å²) in [6.07, 6.45) is -3.67. The van der Waals surface area contributed by atoms with E-state index in [2.05, 4.69) is 0 Å². The molecule has 0 amide bonds. The first-order chi connectivity index (χ1) is 8.65. The average Bonchev–Trinajstić information content (AvgIpc) is 2.25. The normalized spacial score (nSPS) is 24.4. The molecule has 0 spiro atoms. The van der Waals surface area contributed by atoms with E-state index in [-0.39, 0.29) is 13.2 Å². The van der Waals surface area contributed by atoms with Crippen molar-refractivity contribution in [1.82, 2.24) is 9.03 Å². The Labute approximate surface area is 111 Å². The van der Waals surface area contributed by atoms with Gasteiger partial charge in [-0.1, -0.05) is 6.42 Å². The van der Waals surface area contributed by atoms with Crippen LogP contribution < -0.4 is 4.72 Å². The summed E-state index contributed by atoms with van der Waals surface area (Å²) in [5, 5.41) is 9.13. The first-order valence-corrected chi connectivity index (χ1v) is 7.56. The van der Waals surface area contributed by atoms with Crippen LogP contribution in [0.5, 0.6) is 0 Å². The van der Waals surface area contributed by atoms with Crippen molar-refractivity contribution in [3.8, 4) is 0 Å². The molecule has 1 aliphatic heterocycles. The van der Waals surface area contributed by atoms with Gasteiger partial charge in [0.2, 0.25) is 0 Å². The molecular formula is C10H19F3N2O3S. The molecule has 2 atom stereocenters. The summed E-state index contributed by atoms with van der Waals surface area (Å²) in [6.45, 7) is 1.07. The Morgan fingerprint density at radius 1 is 1.42 bits per heavy atom. The summed E-state index contributed by atoms with van der Waals surface area (Å²) in [5.74, 6) is 0. The second-order valence-electron chi connectivity index (χ2n) is 4.79. The van der Waals surface area contributed by atoms with E-state index in [0.717, 1.165) is 10.7 Å². The smallest absolute Gasteiger partial charge is 0.390 e. The van der Waals surface area contributed by atoms with E-state index in [1.165, 1.54) is 6.92 Å². The summed E-state index contributed by atoms with van der Waals surface area (Å²) in [7, 11) is -3.99. The number of nitrogens with zero attached hydrogens (tertiary/aromatic N) is 1. The fraction of sp³-hybridized carbons (Fsp3) is 1.00. The topological polar surface area (TPSA) is 69.6 Å². The molecule has 2 unspecified atom stereocenters. The predicted molar refractivity (Wildman–Crippen MR) is 63.6 cm³/mol. The van der Waals surface area contributed by atoms with Crippen molar-refractivity contribution < 1.29 is 26.7 Å². The molecule has 1 heterocycles. The number of hydrogen-bond donors (Lipinski definition) is 2. The van der Waals surface area contributed by atoms with Gasteiger partial charge in [0.15, 0.2) is 0 Å². The van der Waals surface area contributed by atoms with Gasteiger partial charge < -0.3 is 5.11 Å². The quantitative estimate of drug-likeness (QED) is 0.796. The zero-order valence-corrected chi connectivity index (χ0v) is 11.5. The number of aliphatic hydroxyl groups is 1. The van der Waals surface area contributed by atoms with E-state index < -0.39 is 34.9 Å². The van der Waals surface area contributed by atoms with Gasteiger partial charge in [-0.3, -0.25) is 0 Å². The van der Waals surface area contributed by atoms with Crippen LogP contribution in [0.25, 0.3) is 0 Å². The molecule has 0 saturated carbocycles. The first kappa shape index (κ1) is 16.7. The van der Waals surface area contributed by atoms with E-state index in [1.54, 1.807) is 0 Å². The van der Waals surface area contributed by atoms with Gasteiger partial charge in [-0.05, 0) is 19.8 Å². The molecule has 19 heavy (non-hydrogen) atoms. The van der Waals surface area contributed by atoms with E-state index >= 15 is 0 Å². The number of piperidine rings is 1. The third-order valence-electron chi connectivity index (χ3n) is 2.98. The Morgan fingerprint density at radius 2 is 2.05 bits per heavy atom. The molecule has 2 N–H and O–H groups in total. The first-order valence-electron chi connectivity index (χ1n) is 6.12. The summed E-state index contributed by atoms with van der Waals surface area (Å²) < 4.78 is 63.6. The predicted octanol–water partition coefficient (Wildman–Crippen LogP) is 1.01. The molecule has 9 heteroatoms. The van der Waals surface area contributed by atoms with Gasteiger partial charge in [0.05, 0.1) is 13.0 Å². The van der Waals surface area contributed by atoms with Crippen LogP contribution in [0.3, 0.4) is 0 Å². The highest BCUT2D eigenvalue weighted by molar-refractivity contribution is 7.87. The average molecular weight is 304 g/mol. The van der Waals surface area contributed by atoms with Gasteiger partial charge in [0.1, 0.15) is 0 Å². The van der Waals surface area contributed by atoms with Crippen LogP contribution in [-0.4, -0.2) is 49.2 Å². The SMILES string of the molecule is CC(CC(F)(F)F)NS(=O)(=O)N1CCCCC1CO. The second kappa shape index (κ2) is 6.38. The van der Waals surface area contributed by atoms with Gasteiger partial charge in [0, 0.05) is 18.6 Å². The largest absolute Gasteiger partial charge is 0.395 e. The third-order valence-corrected chi connectivity index (χ3v) is 4.78. The van der Waals surface area contributed by atoms with Gasteiger partial charge in [-0.25, -0.2) is 0 Å². The molecule has 5 nitrogen and oxygen atoms in total. The van der Waals surface area contributed by atoms with Crippen LogP contribution in [0.2, 0.25) is 0 Å². The molecule has 1 fully saturated rings. The van der Waals surface area contributed by atoms with Crippen molar-refractivity contribution in [1.29, 1.82) is 0 Å². The maximum atomic E-state index is 12.2. The minimum absolute atomic E-state index is 0.222. The molecule has 0 bridgehead atoms. The lowest BCUT2D eigenvalue weighted by atomic mass is 10.1. The standard InChI is InChI=1S/C10H19F3N2O3S/c1-8(6-10(11,12)13)14-19(17,18)15-5-3-2-4-9(15)7-16/h8-9,14,16H,2-7H2,1H3. The maximum absolute atomic E-state index is 12.2. The van der Waals surface area contributed by atoms with Crippen LogP contribution >= 0.6 is 0 Å². The molecule has 0 aromatic rings. The molecule has 0 aromatic carbocycles. The van der Waals surface area contributed by atoms with Crippen molar-refractivity contribution in [2.24, 2.45) is 0 Å². The van der Waals surface area contributed by atoms with Gasteiger partial charge >= 0.3 is 6.18 Å². The lowest BCUT2D eigenvalue weighted by molar-refractivity contribution is -0.138. The van der Waals surface area contributed by atoms with Crippen LogP contribution in [0, 0.1) is 0 Å². The summed E-state index contributed by atoms with van der Waals surface area (Å²) in [6, 6.07) is -1.78. The number of aliphatic hydroxyl groups excluding tert-OH is 1. The van der Waals surface area contributed by atoms with Crippen molar-refractivity contribution in [3.05, 3.63) is 0 Å². The highest BCUT2D eigenvalue weighted by Crippen LogP contribution is 2.23. The van der Waals surface area contributed by atoms with E-state index in [9.17, 15) is 21.6 Å². The fourth-order valence-corrected chi connectivity index (χ4v) is 3.84. The van der Waals surface area contributed by atoms with Crippen molar-refractivity contribution in [3.63, 3.8) is 0 Å². The van der Waals surface area contributed by atoms with Crippen LogP contribution in [0.4, 0.5) is 13.2 Å². The Bertz CT molecular complexity index is 386. The zero-order valence-electron chi connectivity index (χ0n) is 10.7. The molecule has 1 saturated heterocycles. The highest BCUT2D eigenvalue weighted by Gasteiger charge is 2.36. The van der Waals surface area contributed by atoms with Crippen molar-refractivity contribution in [2.45, 2.75) is 50.9 Å². The van der Waals surface area contributed by atoms with Crippen LogP contribution in [-0.2, 0) is 10.2 Å². The van der Waals surface area contributed by atoms with Crippen LogP contribution in [0.1, 0.15) is 32.6 Å².